The summed E-state index contributed by atoms with van der Waals surface area (Å²) in [5.41, 5.74) is 1.84. The number of aryl methyl sites for hydroxylation is 1. The smallest absolute Gasteiger partial charge is 0.330 e. The Bertz CT molecular complexity index is 1200. The fourth-order valence-electron chi connectivity index (χ4n) is 3.29. The molecule has 1 aromatic heterocycles. The molecule has 6 heteroatoms. The highest BCUT2D eigenvalue weighted by molar-refractivity contribution is 5.94. The molecule has 0 atom stereocenters. The third-order valence-corrected chi connectivity index (χ3v) is 4.74. The number of carbonyl (C=O) groups excluding carboxylic acids is 1. The molecule has 146 valence electrons. The van der Waals surface area contributed by atoms with Crippen LogP contribution >= 0.6 is 0 Å². The van der Waals surface area contributed by atoms with Gasteiger partial charge >= 0.3 is 5.69 Å². The van der Waals surface area contributed by atoms with Crippen LogP contribution in [0.4, 0.5) is 0 Å². The average Bonchev–Trinajstić information content (AvgIpc) is 3.09. The van der Waals surface area contributed by atoms with Crippen LogP contribution in [0.5, 0.6) is 5.75 Å². The van der Waals surface area contributed by atoms with E-state index in [1.54, 1.807) is 35.0 Å². The number of nitrogens with zero attached hydrogens (tertiary/aromatic N) is 1. The molecule has 0 spiro atoms. The minimum atomic E-state index is -0.203. The number of ether oxygens (including phenoxy) is 1. The van der Waals surface area contributed by atoms with Crippen molar-refractivity contribution in [3.8, 4) is 11.4 Å². The highest BCUT2D eigenvalue weighted by Gasteiger charge is 2.08. The zero-order valence-corrected chi connectivity index (χ0v) is 16.0. The summed E-state index contributed by atoms with van der Waals surface area (Å²) in [6, 6.07) is 20.9. The van der Waals surface area contributed by atoms with Crippen molar-refractivity contribution in [2.75, 3.05) is 13.2 Å². The number of hydrogen-bond donors (Lipinski definition) is 2. The molecule has 0 aliphatic heterocycles. The summed E-state index contributed by atoms with van der Waals surface area (Å²) in [4.78, 5) is 26.9. The van der Waals surface area contributed by atoms with Gasteiger partial charge in [0.25, 0.3) is 5.91 Å². The van der Waals surface area contributed by atoms with E-state index in [1.165, 1.54) is 0 Å². The Morgan fingerprint density at radius 1 is 1.03 bits per heavy atom. The zero-order valence-electron chi connectivity index (χ0n) is 16.0. The third-order valence-electron chi connectivity index (χ3n) is 4.74. The standard InChI is InChI=1S/C23H21N3O3/c1-16-15-25-23(28)26(16)19-11-9-18(10-12-19)22(27)24-13-14-29-21-8-4-6-17-5-2-3-7-20(17)21/h2-12,15H,13-14H2,1H3,(H,24,27)(H,25,28). The van der Waals surface area contributed by atoms with E-state index < -0.39 is 0 Å². The number of rotatable bonds is 6. The molecule has 0 unspecified atom stereocenters. The van der Waals surface area contributed by atoms with Crippen molar-refractivity contribution in [3.63, 3.8) is 0 Å². The molecule has 4 rings (SSSR count). The van der Waals surface area contributed by atoms with Gasteiger partial charge in [0.05, 0.1) is 12.2 Å². The van der Waals surface area contributed by atoms with Gasteiger partial charge in [0.2, 0.25) is 0 Å². The van der Waals surface area contributed by atoms with Crippen molar-refractivity contribution >= 4 is 16.7 Å². The van der Waals surface area contributed by atoms with Gasteiger partial charge in [-0.2, -0.15) is 0 Å². The van der Waals surface area contributed by atoms with Gasteiger partial charge in [-0.05, 0) is 42.6 Å². The summed E-state index contributed by atoms with van der Waals surface area (Å²) < 4.78 is 7.40. The number of benzene rings is 3. The summed E-state index contributed by atoms with van der Waals surface area (Å²) in [7, 11) is 0. The van der Waals surface area contributed by atoms with Gasteiger partial charge in [0.15, 0.2) is 0 Å². The first kappa shape index (κ1) is 18.6. The predicted octanol–water partition coefficient (Wildman–Crippen LogP) is 3.44. The summed E-state index contributed by atoms with van der Waals surface area (Å²) in [5, 5.41) is 5.02. The SMILES string of the molecule is Cc1c[nH]c(=O)n1-c1ccc(C(=O)NCCOc2cccc3ccccc23)cc1. The van der Waals surface area contributed by atoms with E-state index in [1.807, 2.05) is 49.4 Å². The van der Waals surface area contributed by atoms with Crippen LogP contribution in [0.2, 0.25) is 0 Å². The summed E-state index contributed by atoms with van der Waals surface area (Å²) >= 11 is 0. The highest BCUT2D eigenvalue weighted by Crippen LogP contribution is 2.24. The molecular formula is C23H21N3O3. The van der Waals surface area contributed by atoms with E-state index in [0.717, 1.165) is 22.2 Å². The van der Waals surface area contributed by atoms with Crippen LogP contribution in [0, 0.1) is 6.92 Å². The molecule has 0 fully saturated rings. The molecule has 0 aliphatic rings. The van der Waals surface area contributed by atoms with Crippen molar-refractivity contribution < 1.29 is 9.53 Å². The van der Waals surface area contributed by atoms with Crippen molar-refractivity contribution in [3.05, 3.63) is 94.7 Å². The second-order valence-electron chi connectivity index (χ2n) is 6.70. The second-order valence-corrected chi connectivity index (χ2v) is 6.70. The lowest BCUT2D eigenvalue weighted by Crippen LogP contribution is -2.28. The Kier molecular flexibility index (Phi) is 5.16. The molecule has 0 saturated heterocycles. The van der Waals surface area contributed by atoms with Gasteiger partial charge in [-0.1, -0.05) is 36.4 Å². The normalized spacial score (nSPS) is 10.8. The number of fused-ring (bicyclic) bond motifs is 1. The van der Waals surface area contributed by atoms with E-state index >= 15 is 0 Å². The van der Waals surface area contributed by atoms with Crippen molar-refractivity contribution in [1.29, 1.82) is 0 Å². The predicted molar refractivity (Wildman–Crippen MR) is 113 cm³/mol. The summed E-state index contributed by atoms with van der Waals surface area (Å²) in [6.07, 6.45) is 1.65. The topological polar surface area (TPSA) is 76.1 Å². The van der Waals surface area contributed by atoms with Crippen LogP contribution in [-0.4, -0.2) is 28.6 Å². The fourth-order valence-corrected chi connectivity index (χ4v) is 3.29. The maximum absolute atomic E-state index is 12.4. The number of H-pyrrole nitrogens is 1. The number of nitrogens with one attached hydrogen (secondary N) is 2. The average molecular weight is 387 g/mol. The van der Waals surface area contributed by atoms with Gasteiger partial charge in [-0.3, -0.25) is 9.36 Å². The molecule has 0 saturated carbocycles. The minimum absolute atomic E-state index is 0.184. The molecule has 1 amide bonds. The molecule has 2 N–H and O–H groups in total. The third kappa shape index (κ3) is 3.91. The molecule has 6 nitrogen and oxygen atoms in total. The van der Waals surface area contributed by atoms with Gasteiger partial charge in [-0.25, -0.2) is 4.79 Å². The Labute approximate surface area is 167 Å². The first-order valence-electron chi connectivity index (χ1n) is 9.40. The second kappa shape index (κ2) is 8.06. The summed E-state index contributed by atoms with van der Waals surface area (Å²) in [5.74, 6) is 0.616. The van der Waals surface area contributed by atoms with Crippen LogP contribution in [0.25, 0.3) is 16.5 Å². The van der Waals surface area contributed by atoms with E-state index in [-0.39, 0.29) is 11.6 Å². The van der Waals surface area contributed by atoms with Crippen LogP contribution in [0.1, 0.15) is 16.1 Å². The van der Waals surface area contributed by atoms with E-state index in [4.69, 9.17) is 4.74 Å². The van der Waals surface area contributed by atoms with Crippen LogP contribution < -0.4 is 15.7 Å². The quantitative estimate of drug-likeness (QED) is 0.498. The van der Waals surface area contributed by atoms with Gasteiger partial charge < -0.3 is 15.0 Å². The Morgan fingerprint density at radius 2 is 1.79 bits per heavy atom. The number of aromatic amines is 1. The van der Waals surface area contributed by atoms with Crippen LogP contribution in [0.15, 0.2) is 77.7 Å². The van der Waals surface area contributed by atoms with E-state index in [0.29, 0.717) is 24.4 Å². The number of imidazole rings is 1. The fraction of sp³-hybridized carbons (Fsp3) is 0.130. The first-order chi connectivity index (χ1) is 14.1. The van der Waals surface area contributed by atoms with Gasteiger partial charge in [-0.15, -0.1) is 0 Å². The molecule has 0 bridgehead atoms. The molecule has 0 radical (unpaired) electrons. The highest BCUT2D eigenvalue weighted by atomic mass is 16.5. The number of carbonyl (C=O) groups is 1. The maximum atomic E-state index is 12.4. The first-order valence-corrected chi connectivity index (χ1v) is 9.40. The maximum Gasteiger partial charge on any atom is 0.330 e. The Morgan fingerprint density at radius 3 is 2.55 bits per heavy atom. The molecule has 4 aromatic rings. The molecule has 1 heterocycles. The minimum Gasteiger partial charge on any atom is -0.491 e. The van der Waals surface area contributed by atoms with Gasteiger partial charge in [0, 0.05) is 22.8 Å². The van der Waals surface area contributed by atoms with E-state index in [9.17, 15) is 9.59 Å². The van der Waals surface area contributed by atoms with Gasteiger partial charge in [0.1, 0.15) is 12.4 Å². The van der Waals surface area contributed by atoms with Crippen molar-refractivity contribution in [2.24, 2.45) is 0 Å². The lowest BCUT2D eigenvalue weighted by Gasteiger charge is -2.10. The molecule has 29 heavy (non-hydrogen) atoms. The summed E-state index contributed by atoms with van der Waals surface area (Å²) in [6.45, 7) is 2.60. The molecule has 0 aliphatic carbocycles. The lowest BCUT2D eigenvalue weighted by molar-refractivity contribution is 0.0947. The largest absolute Gasteiger partial charge is 0.491 e. The van der Waals surface area contributed by atoms with Crippen LogP contribution in [0.3, 0.4) is 0 Å². The van der Waals surface area contributed by atoms with E-state index in [2.05, 4.69) is 10.3 Å². The molecule has 3 aromatic carbocycles. The number of aromatic nitrogens is 2. The number of hydrogen-bond acceptors (Lipinski definition) is 3. The number of amides is 1. The zero-order chi connectivity index (χ0) is 20.2. The Hall–Kier alpha value is -3.80. The Balaban J connectivity index is 1.35. The lowest BCUT2D eigenvalue weighted by atomic mass is 10.1. The van der Waals surface area contributed by atoms with Crippen molar-refractivity contribution in [1.82, 2.24) is 14.9 Å². The monoisotopic (exact) mass is 387 g/mol. The van der Waals surface area contributed by atoms with Crippen LogP contribution in [-0.2, 0) is 0 Å². The molecular weight excluding hydrogens is 366 g/mol. The van der Waals surface area contributed by atoms with Crippen molar-refractivity contribution in [2.45, 2.75) is 6.92 Å².